The SMILES string of the molecule is CCCCCCCCCCCCOc1cc(NC(=O)CCCC#CC#CCCCC(=O)Nc2cc(OCCCCCCCCCCCC)c(OCCCCCCCCCCCC)c(OCCCCCCCCCCCC)c2)cc(OCCCCCCCCCCCC)c1OCCCCCCCCCCCC. The molecule has 0 unspecified atom stereocenters. The molecule has 0 heterocycles. The number of ether oxygens (including phenoxy) is 6. The number of anilines is 2. The Balaban J connectivity index is 2.15. The third kappa shape index (κ3) is 60.2. The monoisotopic (exact) mass is 1480 g/mol. The Bertz CT molecular complexity index is 2160. The standard InChI is InChI=1S/C96H168N2O8/c1-7-13-19-25-31-37-45-53-61-69-77-101-89-83-87(84-90(102-78-70-62-54-46-38-32-26-20-14-8-2)95(89)105-81-73-65-57-49-41-35-29-23-17-11-5)97-93(99)75-67-59-51-43-44-52-60-68-76-94(100)98-88-85-91(103-79-71-63-55-47-39-33-27-21-15-9-3)96(106-82-74-66-58-50-42-36-30-24-18-12-6)92(86-88)104-80-72-64-56-48-40-34-28-22-16-10-4/h83-86H,7-42,45-50,53-82H2,1-6H3,(H,97,99)(H,98,100). The zero-order valence-electron chi connectivity index (χ0n) is 70.5. The Kier molecular flexibility index (Phi) is 70.8. The van der Waals surface area contributed by atoms with Crippen molar-refractivity contribution in [2.75, 3.05) is 50.3 Å². The predicted molar refractivity (Wildman–Crippen MR) is 457 cm³/mol. The molecule has 0 atom stereocenters. The van der Waals surface area contributed by atoms with Crippen molar-refractivity contribution in [3.63, 3.8) is 0 Å². The molecule has 2 aromatic rings. The van der Waals surface area contributed by atoms with Gasteiger partial charge in [-0.15, -0.1) is 0 Å². The number of benzene rings is 2. The molecule has 0 bridgehead atoms. The van der Waals surface area contributed by atoms with Crippen molar-refractivity contribution >= 4 is 23.2 Å². The van der Waals surface area contributed by atoms with Crippen LogP contribution in [-0.2, 0) is 9.59 Å². The first-order chi connectivity index (χ1) is 52.4. The maximum atomic E-state index is 13.6. The first-order valence-electron chi connectivity index (χ1n) is 46.1. The number of unbranched alkanes of at least 4 members (excludes halogenated alkanes) is 56. The molecule has 106 heavy (non-hydrogen) atoms. The fraction of sp³-hybridized carbons (Fsp3) is 0.812. The molecule has 0 aliphatic heterocycles. The van der Waals surface area contributed by atoms with Crippen molar-refractivity contribution in [3.05, 3.63) is 24.3 Å². The van der Waals surface area contributed by atoms with E-state index in [4.69, 9.17) is 28.4 Å². The van der Waals surface area contributed by atoms with E-state index < -0.39 is 0 Å². The molecule has 2 N–H and O–H groups in total. The quantitative estimate of drug-likeness (QED) is 0.0497. The molecule has 0 saturated heterocycles. The number of nitrogens with one attached hydrogen (secondary N) is 2. The van der Waals surface area contributed by atoms with Gasteiger partial charge in [0.25, 0.3) is 0 Å². The maximum absolute atomic E-state index is 13.6. The van der Waals surface area contributed by atoms with Gasteiger partial charge in [-0.2, -0.15) is 0 Å². The van der Waals surface area contributed by atoms with E-state index in [1.54, 1.807) is 0 Å². The molecular weight excluding hydrogens is 1310 g/mol. The average molecular weight is 1480 g/mol. The van der Waals surface area contributed by atoms with Crippen molar-refractivity contribution in [2.24, 2.45) is 0 Å². The van der Waals surface area contributed by atoms with Crippen LogP contribution < -0.4 is 39.1 Å². The minimum Gasteiger partial charge on any atom is -0.489 e. The van der Waals surface area contributed by atoms with Gasteiger partial charge in [-0.3, -0.25) is 9.59 Å². The van der Waals surface area contributed by atoms with Crippen molar-refractivity contribution in [2.45, 2.75) is 465 Å². The van der Waals surface area contributed by atoms with Crippen LogP contribution in [0.1, 0.15) is 465 Å². The molecule has 610 valence electrons. The molecular formula is C96H168N2O8. The highest BCUT2D eigenvalue weighted by atomic mass is 16.5. The summed E-state index contributed by atoms with van der Waals surface area (Å²) in [6, 6.07) is 7.77. The van der Waals surface area contributed by atoms with Crippen molar-refractivity contribution in [3.8, 4) is 58.2 Å². The zero-order valence-corrected chi connectivity index (χ0v) is 70.5. The molecule has 0 spiro atoms. The summed E-state index contributed by atoms with van der Waals surface area (Å²) in [6.07, 6.45) is 78.8. The van der Waals surface area contributed by atoms with E-state index in [1.807, 2.05) is 24.3 Å². The van der Waals surface area contributed by atoms with Crippen molar-refractivity contribution in [1.82, 2.24) is 0 Å². The lowest BCUT2D eigenvalue weighted by atomic mass is 10.1. The predicted octanol–water partition coefficient (Wildman–Crippen LogP) is 30.4. The largest absolute Gasteiger partial charge is 0.489 e. The number of carbonyl (C=O) groups is 2. The second-order valence-electron chi connectivity index (χ2n) is 31.2. The molecule has 2 rings (SSSR count). The normalized spacial score (nSPS) is 11.1. The van der Waals surface area contributed by atoms with Gasteiger partial charge in [0.1, 0.15) is 0 Å². The van der Waals surface area contributed by atoms with Gasteiger partial charge >= 0.3 is 0 Å². The Labute approximate surface area is 655 Å². The van der Waals surface area contributed by atoms with E-state index in [0.717, 1.165) is 77.0 Å². The van der Waals surface area contributed by atoms with Crippen LogP contribution in [0.3, 0.4) is 0 Å². The molecule has 0 fully saturated rings. The van der Waals surface area contributed by atoms with E-state index in [1.165, 1.54) is 308 Å². The Morgan fingerprint density at radius 2 is 0.406 bits per heavy atom. The molecule has 0 aliphatic rings. The van der Waals surface area contributed by atoms with E-state index >= 15 is 0 Å². The van der Waals surface area contributed by atoms with Crippen LogP contribution in [0.15, 0.2) is 24.3 Å². The number of hydrogen-bond donors (Lipinski definition) is 2. The van der Waals surface area contributed by atoms with Gasteiger partial charge in [0.15, 0.2) is 23.0 Å². The van der Waals surface area contributed by atoms with Crippen LogP contribution in [0.25, 0.3) is 0 Å². The van der Waals surface area contributed by atoms with Gasteiger partial charge in [-0.05, 0) is 63.2 Å². The summed E-state index contributed by atoms with van der Waals surface area (Å²) in [4.78, 5) is 27.3. The van der Waals surface area contributed by atoms with E-state index in [0.29, 0.717) is 124 Å². The van der Waals surface area contributed by atoms with E-state index in [2.05, 4.69) is 75.9 Å². The summed E-state index contributed by atoms with van der Waals surface area (Å²) in [7, 11) is 0. The molecule has 10 heteroatoms. The summed E-state index contributed by atoms with van der Waals surface area (Å²) in [5.74, 6) is 16.1. The highest BCUT2D eigenvalue weighted by molar-refractivity contribution is 5.92. The first kappa shape index (κ1) is 97.4. The third-order valence-corrected chi connectivity index (χ3v) is 20.8. The number of rotatable bonds is 80. The fourth-order valence-corrected chi connectivity index (χ4v) is 14.0. The highest BCUT2D eigenvalue weighted by Crippen LogP contribution is 2.43. The molecule has 2 amide bonds. The summed E-state index contributed by atoms with van der Waals surface area (Å²) < 4.78 is 39.7. The topological polar surface area (TPSA) is 114 Å². The molecule has 0 saturated carbocycles. The summed E-state index contributed by atoms with van der Waals surface area (Å²) in [6.45, 7) is 17.3. The second-order valence-corrected chi connectivity index (χ2v) is 31.2. The smallest absolute Gasteiger partial charge is 0.224 e. The van der Waals surface area contributed by atoms with Gasteiger partial charge in [-0.25, -0.2) is 0 Å². The zero-order chi connectivity index (χ0) is 76.0. The summed E-state index contributed by atoms with van der Waals surface area (Å²) in [5, 5.41) is 6.38. The van der Waals surface area contributed by atoms with Crippen LogP contribution in [-0.4, -0.2) is 51.5 Å². The van der Waals surface area contributed by atoms with E-state index in [9.17, 15) is 9.59 Å². The van der Waals surface area contributed by atoms with Crippen molar-refractivity contribution in [1.29, 1.82) is 0 Å². The van der Waals surface area contributed by atoms with Crippen LogP contribution in [0.5, 0.6) is 34.5 Å². The number of carbonyl (C=O) groups excluding carboxylic acids is 2. The van der Waals surface area contributed by atoms with Gasteiger partial charge in [0.05, 0.1) is 39.6 Å². The van der Waals surface area contributed by atoms with Gasteiger partial charge < -0.3 is 39.1 Å². The number of hydrogen-bond acceptors (Lipinski definition) is 8. The minimum atomic E-state index is -0.0727. The molecule has 2 aromatic carbocycles. The maximum Gasteiger partial charge on any atom is 0.224 e. The minimum absolute atomic E-state index is 0.0727. The Morgan fingerprint density at radius 1 is 0.236 bits per heavy atom. The lowest BCUT2D eigenvalue weighted by Gasteiger charge is -2.19. The Hall–Kier alpha value is -4.70. The summed E-state index contributed by atoms with van der Waals surface area (Å²) in [5.41, 5.74) is 1.33. The van der Waals surface area contributed by atoms with E-state index in [-0.39, 0.29) is 11.8 Å². The average Bonchev–Trinajstić information content (AvgIpc) is 0.830. The molecule has 0 aliphatic carbocycles. The number of amides is 2. The highest BCUT2D eigenvalue weighted by Gasteiger charge is 2.20. The van der Waals surface area contributed by atoms with Crippen LogP contribution in [0, 0.1) is 23.7 Å². The van der Waals surface area contributed by atoms with Crippen molar-refractivity contribution < 1.29 is 38.0 Å². The van der Waals surface area contributed by atoms with Gasteiger partial charge in [-0.1, -0.05) is 400 Å². The third-order valence-electron chi connectivity index (χ3n) is 20.8. The lowest BCUT2D eigenvalue weighted by Crippen LogP contribution is -2.12. The summed E-state index contributed by atoms with van der Waals surface area (Å²) >= 11 is 0. The molecule has 0 aromatic heterocycles. The Morgan fingerprint density at radius 3 is 0.594 bits per heavy atom. The van der Waals surface area contributed by atoms with Gasteiger partial charge in [0.2, 0.25) is 23.3 Å². The fourth-order valence-electron chi connectivity index (χ4n) is 14.0. The molecule has 0 radical (unpaired) electrons. The van der Waals surface area contributed by atoms with Crippen LogP contribution >= 0.6 is 0 Å². The lowest BCUT2D eigenvalue weighted by molar-refractivity contribution is -0.117. The molecule has 10 nitrogen and oxygen atoms in total. The first-order valence-corrected chi connectivity index (χ1v) is 46.1. The second kappa shape index (κ2) is 77.0. The van der Waals surface area contributed by atoms with Crippen LogP contribution in [0.4, 0.5) is 11.4 Å². The van der Waals surface area contributed by atoms with Gasteiger partial charge in [0, 0.05) is 61.3 Å². The van der Waals surface area contributed by atoms with Crippen LogP contribution in [0.2, 0.25) is 0 Å².